The number of nitrogens with one attached hydrogen (secondary N) is 1. The van der Waals surface area contributed by atoms with E-state index >= 15 is 0 Å². The molecule has 3 aromatic rings. The van der Waals surface area contributed by atoms with Gasteiger partial charge >= 0.3 is 0 Å². The van der Waals surface area contributed by atoms with E-state index in [1.54, 1.807) is 24.0 Å². The van der Waals surface area contributed by atoms with Crippen LogP contribution in [0.2, 0.25) is 0 Å². The largest absolute Gasteiger partial charge is 0.383 e. The minimum atomic E-state index is 0.216. The standard InChI is InChI=1S/C13H15N5OS/c1-9(8-19-2)15-12-17-18-7-11(16-13(18)20-12)10-4-3-5-14-6-10/h3-7,9H,8H2,1-2H3,(H,15,17). The molecule has 1 unspecified atom stereocenters. The number of pyridine rings is 1. The van der Waals surface area contributed by atoms with E-state index < -0.39 is 0 Å². The molecule has 0 amide bonds. The maximum Gasteiger partial charge on any atom is 0.214 e. The zero-order valence-electron chi connectivity index (χ0n) is 11.3. The number of methoxy groups -OCH3 is 1. The fourth-order valence-corrected chi connectivity index (χ4v) is 2.81. The van der Waals surface area contributed by atoms with Crippen molar-refractivity contribution in [2.24, 2.45) is 0 Å². The molecule has 0 aliphatic heterocycles. The molecular formula is C13H15N5OS. The minimum Gasteiger partial charge on any atom is -0.383 e. The molecule has 0 aromatic carbocycles. The Balaban J connectivity index is 1.83. The molecule has 6 nitrogen and oxygen atoms in total. The van der Waals surface area contributed by atoms with Gasteiger partial charge in [-0.1, -0.05) is 11.3 Å². The zero-order chi connectivity index (χ0) is 13.9. The predicted molar refractivity (Wildman–Crippen MR) is 79.1 cm³/mol. The summed E-state index contributed by atoms with van der Waals surface area (Å²) in [6, 6.07) is 4.10. The van der Waals surface area contributed by atoms with Crippen molar-refractivity contribution in [1.82, 2.24) is 19.6 Å². The van der Waals surface area contributed by atoms with Gasteiger partial charge in [-0.25, -0.2) is 9.50 Å². The molecule has 3 rings (SSSR count). The summed E-state index contributed by atoms with van der Waals surface area (Å²) in [6.07, 6.45) is 5.46. The van der Waals surface area contributed by atoms with E-state index in [0.717, 1.165) is 21.3 Å². The van der Waals surface area contributed by atoms with E-state index in [4.69, 9.17) is 4.74 Å². The van der Waals surface area contributed by atoms with Crippen molar-refractivity contribution in [3.8, 4) is 11.3 Å². The Morgan fingerprint density at radius 3 is 3.10 bits per heavy atom. The first kappa shape index (κ1) is 13.0. The van der Waals surface area contributed by atoms with Crippen LogP contribution in [0.4, 0.5) is 5.13 Å². The molecule has 20 heavy (non-hydrogen) atoms. The molecule has 7 heteroatoms. The first-order chi connectivity index (χ1) is 9.76. The Morgan fingerprint density at radius 1 is 1.50 bits per heavy atom. The van der Waals surface area contributed by atoms with Crippen molar-refractivity contribution in [2.45, 2.75) is 13.0 Å². The Labute approximate surface area is 120 Å². The lowest BCUT2D eigenvalue weighted by Crippen LogP contribution is -2.20. The Bertz CT molecular complexity index is 662. The molecule has 0 fully saturated rings. The lowest BCUT2D eigenvalue weighted by Gasteiger charge is -2.10. The minimum absolute atomic E-state index is 0.216. The van der Waals surface area contributed by atoms with Crippen molar-refractivity contribution in [3.63, 3.8) is 0 Å². The molecule has 104 valence electrons. The van der Waals surface area contributed by atoms with E-state index in [1.807, 2.05) is 18.3 Å². The Hall–Kier alpha value is -1.99. The summed E-state index contributed by atoms with van der Waals surface area (Å²) in [5, 5.41) is 8.60. The molecule has 0 aliphatic carbocycles. The van der Waals surface area contributed by atoms with E-state index in [1.165, 1.54) is 11.3 Å². The number of rotatable bonds is 5. The molecule has 1 atom stereocenters. The number of hydrogen-bond acceptors (Lipinski definition) is 6. The summed E-state index contributed by atoms with van der Waals surface area (Å²) >= 11 is 1.52. The van der Waals surface area contributed by atoms with Crippen molar-refractivity contribution in [3.05, 3.63) is 30.7 Å². The van der Waals surface area contributed by atoms with Crippen LogP contribution in [0.15, 0.2) is 30.7 Å². The van der Waals surface area contributed by atoms with Crippen LogP contribution >= 0.6 is 11.3 Å². The van der Waals surface area contributed by atoms with Crippen LogP contribution < -0.4 is 5.32 Å². The van der Waals surface area contributed by atoms with Crippen molar-refractivity contribution < 1.29 is 4.74 Å². The van der Waals surface area contributed by atoms with Gasteiger partial charge in [0.1, 0.15) is 0 Å². The maximum atomic E-state index is 5.09. The number of anilines is 1. The topological polar surface area (TPSA) is 64.3 Å². The second-order valence-corrected chi connectivity index (χ2v) is 5.46. The fraction of sp³-hybridized carbons (Fsp3) is 0.308. The quantitative estimate of drug-likeness (QED) is 0.781. The van der Waals surface area contributed by atoms with Gasteiger partial charge in [0.25, 0.3) is 0 Å². The van der Waals surface area contributed by atoms with Crippen LogP contribution in [-0.2, 0) is 4.74 Å². The lowest BCUT2D eigenvalue weighted by atomic mass is 10.2. The number of nitrogens with zero attached hydrogens (tertiary/aromatic N) is 4. The number of imidazole rings is 1. The third kappa shape index (κ3) is 2.63. The van der Waals surface area contributed by atoms with Gasteiger partial charge in [-0.05, 0) is 19.1 Å². The summed E-state index contributed by atoms with van der Waals surface area (Å²) < 4.78 is 6.88. The number of ether oxygens (including phenoxy) is 1. The molecular weight excluding hydrogens is 274 g/mol. The molecule has 0 saturated carbocycles. The van der Waals surface area contributed by atoms with E-state index in [9.17, 15) is 0 Å². The highest BCUT2D eigenvalue weighted by Crippen LogP contribution is 2.24. The highest BCUT2D eigenvalue weighted by molar-refractivity contribution is 7.20. The monoisotopic (exact) mass is 289 g/mol. The van der Waals surface area contributed by atoms with Gasteiger partial charge in [0.05, 0.1) is 18.5 Å². The molecule has 0 spiro atoms. The van der Waals surface area contributed by atoms with Gasteiger partial charge in [0, 0.05) is 31.1 Å². The second kappa shape index (κ2) is 5.56. The van der Waals surface area contributed by atoms with Crippen LogP contribution in [0.25, 0.3) is 16.2 Å². The van der Waals surface area contributed by atoms with E-state index in [2.05, 4.69) is 27.3 Å². The number of aromatic nitrogens is 4. The van der Waals surface area contributed by atoms with Gasteiger partial charge in [-0.2, -0.15) is 0 Å². The summed E-state index contributed by atoms with van der Waals surface area (Å²) in [4.78, 5) is 9.52. The molecule has 3 heterocycles. The third-order valence-corrected chi connectivity index (χ3v) is 3.64. The molecule has 1 N–H and O–H groups in total. The van der Waals surface area contributed by atoms with Gasteiger partial charge in [-0.3, -0.25) is 4.98 Å². The summed E-state index contributed by atoms with van der Waals surface area (Å²) in [5.41, 5.74) is 1.88. The second-order valence-electron chi connectivity index (χ2n) is 4.50. The first-order valence-electron chi connectivity index (χ1n) is 6.28. The maximum absolute atomic E-state index is 5.09. The SMILES string of the molecule is COCC(C)Nc1nn2cc(-c3cccnc3)nc2s1. The normalized spacial score (nSPS) is 12.7. The van der Waals surface area contributed by atoms with Crippen molar-refractivity contribution in [1.29, 1.82) is 0 Å². The molecule has 0 bridgehead atoms. The lowest BCUT2D eigenvalue weighted by molar-refractivity contribution is 0.190. The fourth-order valence-electron chi connectivity index (χ4n) is 1.91. The van der Waals surface area contributed by atoms with Gasteiger partial charge in [0.2, 0.25) is 10.1 Å². The van der Waals surface area contributed by atoms with Gasteiger partial charge in [-0.15, -0.1) is 5.10 Å². The van der Waals surface area contributed by atoms with Crippen molar-refractivity contribution >= 4 is 21.4 Å². The summed E-state index contributed by atoms with van der Waals surface area (Å²) in [7, 11) is 1.69. The average molecular weight is 289 g/mol. The highest BCUT2D eigenvalue weighted by Gasteiger charge is 2.11. The number of fused-ring (bicyclic) bond motifs is 1. The van der Waals surface area contributed by atoms with Crippen LogP contribution in [0.5, 0.6) is 0 Å². The van der Waals surface area contributed by atoms with Crippen LogP contribution in [-0.4, -0.2) is 39.3 Å². The Kier molecular flexibility index (Phi) is 3.62. The van der Waals surface area contributed by atoms with E-state index in [-0.39, 0.29) is 6.04 Å². The Morgan fingerprint density at radius 2 is 2.40 bits per heavy atom. The molecule has 0 saturated heterocycles. The van der Waals surface area contributed by atoms with E-state index in [0.29, 0.717) is 6.61 Å². The smallest absolute Gasteiger partial charge is 0.214 e. The number of hydrogen-bond donors (Lipinski definition) is 1. The van der Waals surface area contributed by atoms with Gasteiger partial charge in [0.15, 0.2) is 0 Å². The highest BCUT2D eigenvalue weighted by atomic mass is 32.1. The van der Waals surface area contributed by atoms with Gasteiger partial charge < -0.3 is 10.1 Å². The third-order valence-electron chi connectivity index (χ3n) is 2.79. The average Bonchev–Trinajstić information content (AvgIpc) is 2.98. The van der Waals surface area contributed by atoms with Crippen LogP contribution in [0, 0.1) is 0 Å². The molecule has 0 radical (unpaired) electrons. The zero-order valence-corrected chi connectivity index (χ0v) is 12.1. The first-order valence-corrected chi connectivity index (χ1v) is 7.10. The molecule has 0 aliphatic rings. The summed E-state index contributed by atoms with van der Waals surface area (Å²) in [6.45, 7) is 2.69. The van der Waals surface area contributed by atoms with Crippen LogP contribution in [0.3, 0.4) is 0 Å². The van der Waals surface area contributed by atoms with Crippen molar-refractivity contribution in [2.75, 3.05) is 19.0 Å². The van der Waals surface area contributed by atoms with Crippen LogP contribution in [0.1, 0.15) is 6.92 Å². The predicted octanol–water partition coefficient (Wildman–Crippen LogP) is 2.30. The summed E-state index contributed by atoms with van der Waals surface area (Å²) in [5.74, 6) is 0. The molecule has 3 aromatic heterocycles.